The van der Waals surface area contributed by atoms with Crippen molar-refractivity contribution < 1.29 is 13.6 Å². The van der Waals surface area contributed by atoms with E-state index in [2.05, 4.69) is 0 Å². The molecule has 1 aliphatic heterocycles. The van der Waals surface area contributed by atoms with Crippen LogP contribution < -0.4 is 0 Å². The molecule has 1 amide bonds. The van der Waals surface area contributed by atoms with Crippen molar-refractivity contribution in [2.75, 3.05) is 13.1 Å². The van der Waals surface area contributed by atoms with Gasteiger partial charge in [0.05, 0.1) is 0 Å². The van der Waals surface area contributed by atoms with Gasteiger partial charge >= 0.3 is 0 Å². The number of halogens is 3. The molecule has 1 heterocycles. The average Bonchev–Trinajstić information content (AvgIpc) is 3.15. The molecule has 2 fully saturated rings. The summed E-state index contributed by atoms with van der Waals surface area (Å²) in [5, 5.41) is 0. The fraction of sp³-hybridized carbons (Fsp3) is 0.500. The average molecular weight is 377 g/mol. The minimum Gasteiger partial charge on any atom is -0.338 e. The maximum atomic E-state index is 13.9. The summed E-state index contributed by atoms with van der Waals surface area (Å²) in [5.74, 6) is -2.02. The van der Waals surface area contributed by atoms with Crippen LogP contribution in [0.4, 0.5) is 8.78 Å². The van der Waals surface area contributed by atoms with Crippen LogP contribution in [0, 0.1) is 20.6 Å². The molecule has 1 aromatic carbocycles. The van der Waals surface area contributed by atoms with Gasteiger partial charge in [-0.05, 0) is 65.8 Å². The molecule has 0 bridgehead atoms. The van der Waals surface area contributed by atoms with E-state index >= 15 is 0 Å². The second-order valence-electron chi connectivity index (χ2n) is 5.51. The standard InChI is InChI=1S/C14H14F2INO/c15-9-1-2-10(17)12(16)11(9)13(19)18-7-5-14(3-4-14)6-8-18/h1-2H,3-8H2. The van der Waals surface area contributed by atoms with Crippen LogP contribution in [0.15, 0.2) is 12.1 Å². The van der Waals surface area contributed by atoms with E-state index in [4.69, 9.17) is 0 Å². The van der Waals surface area contributed by atoms with Crippen molar-refractivity contribution in [3.8, 4) is 0 Å². The van der Waals surface area contributed by atoms with Crippen LogP contribution in [0.25, 0.3) is 0 Å². The number of amides is 1. The van der Waals surface area contributed by atoms with Gasteiger partial charge in [0.1, 0.15) is 11.4 Å². The lowest BCUT2D eigenvalue weighted by Gasteiger charge is -2.32. The van der Waals surface area contributed by atoms with Crippen LogP contribution >= 0.6 is 22.6 Å². The zero-order chi connectivity index (χ0) is 13.6. The molecule has 3 rings (SSSR count). The van der Waals surface area contributed by atoms with E-state index in [1.807, 2.05) is 0 Å². The van der Waals surface area contributed by atoms with Gasteiger partial charge in [-0.2, -0.15) is 0 Å². The Balaban J connectivity index is 1.82. The number of carbonyl (C=O) groups is 1. The second kappa shape index (κ2) is 4.68. The lowest BCUT2D eigenvalue weighted by molar-refractivity contribution is 0.0668. The quantitative estimate of drug-likeness (QED) is 0.541. The lowest BCUT2D eigenvalue weighted by Crippen LogP contribution is -2.39. The van der Waals surface area contributed by atoms with Crippen molar-refractivity contribution >= 4 is 28.5 Å². The van der Waals surface area contributed by atoms with Gasteiger partial charge in [-0.25, -0.2) is 8.78 Å². The highest BCUT2D eigenvalue weighted by Crippen LogP contribution is 2.53. The van der Waals surface area contributed by atoms with Crippen LogP contribution in [-0.4, -0.2) is 23.9 Å². The number of rotatable bonds is 1. The normalized spacial score (nSPS) is 20.7. The van der Waals surface area contributed by atoms with Crippen LogP contribution in [0.5, 0.6) is 0 Å². The molecular weight excluding hydrogens is 363 g/mol. The van der Waals surface area contributed by atoms with Gasteiger partial charge < -0.3 is 4.90 Å². The number of benzene rings is 1. The summed E-state index contributed by atoms with van der Waals surface area (Å²) >= 11 is 1.77. The van der Waals surface area contributed by atoms with Crippen molar-refractivity contribution in [2.24, 2.45) is 5.41 Å². The highest BCUT2D eigenvalue weighted by atomic mass is 127. The SMILES string of the molecule is O=C(c1c(F)ccc(I)c1F)N1CCC2(CC1)CC2. The highest BCUT2D eigenvalue weighted by Gasteiger charge is 2.45. The third-order valence-corrected chi connectivity index (χ3v) is 5.16. The summed E-state index contributed by atoms with van der Waals surface area (Å²) in [4.78, 5) is 13.9. The van der Waals surface area contributed by atoms with E-state index in [0.29, 0.717) is 18.5 Å². The first-order valence-electron chi connectivity index (χ1n) is 6.45. The van der Waals surface area contributed by atoms with E-state index in [1.165, 1.54) is 18.9 Å². The first-order chi connectivity index (χ1) is 9.02. The molecule has 0 aromatic heterocycles. The number of hydrogen-bond donors (Lipinski definition) is 0. The largest absolute Gasteiger partial charge is 0.338 e. The van der Waals surface area contributed by atoms with Gasteiger partial charge in [-0.3, -0.25) is 4.79 Å². The molecule has 0 radical (unpaired) electrons. The molecule has 1 aromatic rings. The third kappa shape index (κ3) is 2.37. The van der Waals surface area contributed by atoms with E-state index in [-0.39, 0.29) is 3.57 Å². The van der Waals surface area contributed by atoms with Crippen LogP contribution in [0.2, 0.25) is 0 Å². The Hall–Kier alpha value is -0.720. The number of piperidine rings is 1. The summed E-state index contributed by atoms with van der Waals surface area (Å²) < 4.78 is 27.9. The van der Waals surface area contributed by atoms with E-state index in [0.717, 1.165) is 18.9 Å². The molecule has 0 atom stereocenters. The zero-order valence-electron chi connectivity index (χ0n) is 10.4. The fourth-order valence-corrected chi connectivity index (χ4v) is 3.19. The molecule has 1 saturated carbocycles. The van der Waals surface area contributed by atoms with Crippen molar-refractivity contribution in [3.63, 3.8) is 0 Å². The van der Waals surface area contributed by atoms with Gasteiger partial charge in [-0.15, -0.1) is 0 Å². The molecule has 1 aliphatic carbocycles. The fourth-order valence-electron chi connectivity index (χ4n) is 2.74. The molecular formula is C14H14F2INO. The van der Waals surface area contributed by atoms with Gasteiger partial charge in [0, 0.05) is 16.7 Å². The van der Waals surface area contributed by atoms with Crippen molar-refractivity contribution in [1.82, 2.24) is 4.90 Å². The van der Waals surface area contributed by atoms with Gasteiger partial charge in [0.25, 0.3) is 5.91 Å². The predicted octanol–water partition coefficient (Wildman–Crippen LogP) is 3.59. The molecule has 0 N–H and O–H groups in total. The van der Waals surface area contributed by atoms with E-state index < -0.39 is 23.1 Å². The van der Waals surface area contributed by atoms with E-state index in [9.17, 15) is 13.6 Å². The lowest BCUT2D eigenvalue weighted by atomic mass is 9.93. The topological polar surface area (TPSA) is 20.3 Å². The van der Waals surface area contributed by atoms with Gasteiger partial charge in [-0.1, -0.05) is 0 Å². The number of likely N-dealkylation sites (tertiary alicyclic amines) is 1. The predicted molar refractivity (Wildman–Crippen MR) is 75.9 cm³/mol. The maximum absolute atomic E-state index is 13.9. The Bertz CT molecular complexity index is 532. The van der Waals surface area contributed by atoms with Crippen LogP contribution in [0.1, 0.15) is 36.0 Å². The maximum Gasteiger partial charge on any atom is 0.259 e. The molecule has 1 spiro atoms. The number of nitrogens with zero attached hydrogens (tertiary/aromatic N) is 1. The first-order valence-corrected chi connectivity index (χ1v) is 7.53. The molecule has 19 heavy (non-hydrogen) atoms. The molecule has 102 valence electrons. The number of carbonyl (C=O) groups excluding carboxylic acids is 1. The summed E-state index contributed by atoms with van der Waals surface area (Å²) in [6.07, 6.45) is 4.40. The Morgan fingerprint density at radius 2 is 1.79 bits per heavy atom. The van der Waals surface area contributed by atoms with Gasteiger partial charge in [0.15, 0.2) is 5.82 Å². The van der Waals surface area contributed by atoms with E-state index in [1.54, 1.807) is 27.5 Å². The Labute approximate surface area is 124 Å². The summed E-state index contributed by atoms with van der Waals surface area (Å²) in [6.45, 7) is 1.23. The minimum atomic E-state index is -0.769. The highest BCUT2D eigenvalue weighted by molar-refractivity contribution is 14.1. The summed E-state index contributed by atoms with van der Waals surface area (Å²) in [7, 11) is 0. The van der Waals surface area contributed by atoms with Crippen molar-refractivity contribution in [2.45, 2.75) is 25.7 Å². The summed E-state index contributed by atoms with van der Waals surface area (Å²) in [5.41, 5.74) is 0.0394. The molecule has 2 aliphatic rings. The first kappa shape index (κ1) is 13.3. The molecule has 1 saturated heterocycles. The summed E-state index contributed by atoms with van der Waals surface area (Å²) in [6, 6.07) is 2.50. The molecule has 0 unspecified atom stereocenters. The van der Waals surface area contributed by atoms with Crippen molar-refractivity contribution in [3.05, 3.63) is 32.9 Å². The Morgan fingerprint density at radius 1 is 1.16 bits per heavy atom. The second-order valence-corrected chi connectivity index (χ2v) is 6.67. The smallest absolute Gasteiger partial charge is 0.259 e. The molecule has 2 nitrogen and oxygen atoms in total. The zero-order valence-corrected chi connectivity index (χ0v) is 12.5. The van der Waals surface area contributed by atoms with Crippen LogP contribution in [0.3, 0.4) is 0 Å². The Morgan fingerprint density at radius 3 is 2.37 bits per heavy atom. The Kier molecular flexibility index (Phi) is 3.27. The van der Waals surface area contributed by atoms with Gasteiger partial charge in [0.2, 0.25) is 0 Å². The number of hydrogen-bond acceptors (Lipinski definition) is 1. The van der Waals surface area contributed by atoms with Crippen LogP contribution in [-0.2, 0) is 0 Å². The van der Waals surface area contributed by atoms with Crippen molar-refractivity contribution in [1.29, 1.82) is 0 Å². The molecule has 5 heteroatoms. The minimum absolute atomic E-state index is 0.276. The third-order valence-electron chi connectivity index (χ3n) is 4.33. The monoisotopic (exact) mass is 377 g/mol.